The highest BCUT2D eigenvalue weighted by Crippen LogP contribution is 2.40. The summed E-state index contributed by atoms with van der Waals surface area (Å²) in [5.74, 6) is -2.21. The Bertz CT molecular complexity index is 1250. The Labute approximate surface area is 174 Å². The molecule has 152 valence electrons. The van der Waals surface area contributed by atoms with Gasteiger partial charge in [-0.1, -0.05) is 18.5 Å². The molecule has 1 aromatic heterocycles. The number of nitro groups is 1. The minimum atomic E-state index is -0.952. The number of aromatic nitrogens is 2. The summed E-state index contributed by atoms with van der Waals surface area (Å²) < 4.78 is 20.8. The van der Waals surface area contributed by atoms with Gasteiger partial charge in [-0.25, -0.2) is 14.3 Å². The van der Waals surface area contributed by atoms with E-state index in [1.54, 1.807) is 13.8 Å². The maximum absolute atomic E-state index is 15.4. The molecule has 0 aliphatic heterocycles. The number of hydrogen-bond acceptors (Lipinski definition) is 5. The number of H-pyrrole nitrogens is 1. The Morgan fingerprint density at radius 3 is 2.70 bits per heavy atom. The van der Waals surface area contributed by atoms with Crippen molar-refractivity contribution in [2.45, 2.75) is 19.8 Å². The van der Waals surface area contributed by atoms with Crippen molar-refractivity contribution < 1.29 is 14.1 Å². The van der Waals surface area contributed by atoms with E-state index in [1.165, 1.54) is 30.3 Å². The van der Waals surface area contributed by atoms with E-state index in [-0.39, 0.29) is 27.6 Å². The molecule has 0 bridgehead atoms. The van der Waals surface area contributed by atoms with Gasteiger partial charge >= 0.3 is 5.69 Å². The molecule has 0 amide bonds. The second-order valence-corrected chi connectivity index (χ2v) is 6.90. The fourth-order valence-electron chi connectivity index (χ4n) is 2.83. The standard InChI is InChI=1S/C20H14ClFN4O4/c1-10-6-16(24-25-20(10)27)11(2)15-4-5-17(26(28)29)19(18(15)22)30-14-8-12(21)7-13(9-14)23-3/h4-9,11H,1-2H3,(H,25,27). The van der Waals surface area contributed by atoms with E-state index < -0.39 is 28.1 Å². The molecule has 0 saturated heterocycles. The number of aromatic amines is 1. The third-order valence-corrected chi connectivity index (χ3v) is 4.65. The van der Waals surface area contributed by atoms with Crippen molar-refractivity contribution in [3.8, 4) is 11.5 Å². The number of halogens is 2. The zero-order valence-electron chi connectivity index (χ0n) is 15.8. The van der Waals surface area contributed by atoms with E-state index >= 15 is 4.39 Å². The van der Waals surface area contributed by atoms with Crippen LogP contribution in [0.1, 0.15) is 29.7 Å². The molecule has 3 rings (SSSR count). The van der Waals surface area contributed by atoms with Crippen LogP contribution in [0.3, 0.4) is 0 Å². The van der Waals surface area contributed by atoms with Crippen molar-refractivity contribution in [3.63, 3.8) is 0 Å². The van der Waals surface area contributed by atoms with Crippen LogP contribution in [0.4, 0.5) is 15.8 Å². The normalized spacial score (nSPS) is 11.6. The summed E-state index contributed by atoms with van der Waals surface area (Å²) in [5.41, 5.74) is 0.0502. The molecular weight excluding hydrogens is 415 g/mol. The van der Waals surface area contributed by atoms with Gasteiger partial charge in [0.05, 0.1) is 17.2 Å². The quantitative estimate of drug-likeness (QED) is 0.338. The van der Waals surface area contributed by atoms with Crippen LogP contribution in [0, 0.1) is 29.4 Å². The highest BCUT2D eigenvalue weighted by molar-refractivity contribution is 6.31. The fraction of sp³-hybridized carbons (Fsp3) is 0.150. The first-order valence-electron chi connectivity index (χ1n) is 8.60. The van der Waals surface area contributed by atoms with E-state index in [9.17, 15) is 14.9 Å². The Kier molecular flexibility index (Phi) is 5.80. The van der Waals surface area contributed by atoms with E-state index in [4.69, 9.17) is 22.9 Å². The van der Waals surface area contributed by atoms with Crippen LogP contribution in [0.5, 0.6) is 11.5 Å². The van der Waals surface area contributed by atoms with Crippen LogP contribution in [0.25, 0.3) is 4.85 Å². The first-order valence-corrected chi connectivity index (χ1v) is 8.98. The van der Waals surface area contributed by atoms with E-state index in [2.05, 4.69) is 15.0 Å². The lowest BCUT2D eigenvalue weighted by atomic mass is 9.95. The number of nitrogens with one attached hydrogen (secondary N) is 1. The second-order valence-electron chi connectivity index (χ2n) is 6.46. The first-order chi connectivity index (χ1) is 14.2. The van der Waals surface area contributed by atoms with Gasteiger partial charge < -0.3 is 4.74 Å². The molecule has 1 unspecified atom stereocenters. The van der Waals surface area contributed by atoms with Crippen molar-refractivity contribution >= 4 is 23.0 Å². The number of nitrogens with zero attached hydrogens (tertiary/aromatic N) is 3. The van der Waals surface area contributed by atoms with Gasteiger partial charge in [-0.3, -0.25) is 14.9 Å². The molecule has 30 heavy (non-hydrogen) atoms. The lowest BCUT2D eigenvalue weighted by molar-refractivity contribution is -0.385. The first kappa shape index (κ1) is 21.0. The molecule has 1 atom stereocenters. The predicted octanol–water partition coefficient (Wildman–Crippen LogP) is 5.27. The van der Waals surface area contributed by atoms with Gasteiger partial charge in [0.15, 0.2) is 11.5 Å². The highest BCUT2D eigenvalue weighted by atomic mass is 35.5. The van der Waals surface area contributed by atoms with Crippen LogP contribution >= 0.6 is 11.6 Å². The molecule has 0 radical (unpaired) electrons. The number of aryl methyl sites for hydroxylation is 1. The summed E-state index contributed by atoms with van der Waals surface area (Å²) in [7, 11) is 0. The van der Waals surface area contributed by atoms with Gasteiger partial charge in [-0.15, -0.1) is 0 Å². The Morgan fingerprint density at radius 2 is 2.07 bits per heavy atom. The number of rotatable bonds is 5. The third kappa shape index (κ3) is 4.14. The minimum absolute atomic E-state index is 0.0155. The van der Waals surface area contributed by atoms with Gasteiger partial charge in [-0.2, -0.15) is 5.10 Å². The van der Waals surface area contributed by atoms with Gasteiger partial charge in [0, 0.05) is 28.1 Å². The van der Waals surface area contributed by atoms with Gasteiger partial charge in [0.2, 0.25) is 5.75 Å². The Balaban J connectivity index is 2.11. The molecule has 0 fully saturated rings. The molecular formula is C20H14ClFN4O4. The molecule has 0 saturated carbocycles. The average Bonchev–Trinajstić information content (AvgIpc) is 2.70. The van der Waals surface area contributed by atoms with E-state index in [0.29, 0.717) is 11.3 Å². The zero-order chi connectivity index (χ0) is 22.0. The van der Waals surface area contributed by atoms with Crippen LogP contribution < -0.4 is 10.3 Å². The van der Waals surface area contributed by atoms with Crippen molar-refractivity contribution in [1.82, 2.24) is 10.2 Å². The van der Waals surface area contributed by atoms with Crippen LogP contribution in [-0.2, 0) is 0 Å². The topological polar surface area (TPSA) is 102 Å². The lowest BCUT2D eigenvalue weighted by Gasteiger charge is -2.15. The second kappa shape index (κ2) is 8.31. The van der Waals surface area contributed by atoms with Crippen molar-refractivity contribution in [1.29, 1.82) is 0 Å². The van der Waals surface area contributed by atoms with Crippen LogP contribution in [0.2, 0.25) is 5.02 Å². The smallest absolute Gasteiger partial charge is 0.314 e. The molecule has 0 aliphatic carbocycles. The number of benzene rings is 2. The largest absolute Gasteiger partial charge is 0.448 e. The fourth-order valence-corrected chi connectivity index (χ4v) is 3.05. The molecule has 8 nitrogen and oxygen atoms in total. The SMILES string of the molecule is [C-]#[N+]c1cc(Cl)cc(Oc2c([N+](=O)[O-])ccc(C(C)c3cc(C)c(=O)[nH]n3)c2F)c1. The predicted molar refractivity (Wildman–Crippen MR) is 108 cm³/mol. The van der Waals surface area contributed by atoms with E-state index in [0.717, 1.165) is 6.07 Å². The van der Waals surface area contributed by atoms with Crippen LogP contribution in [0.15, 0.2) is 41.2 Å². The van der Waals surface area contributed by atoms with Crippen molar-refractivity contribution in [2.75, 3.05) is 0 Å². The third-order valence-electron chi connectivity index (χ3n) is 4.43. The number of ether oxygens (including phenoxy) is 1. The summed E-state index contributed by atoms with van der Waals surface area (Å²) in [5, 5.41) is 17.8. The van der Waals surface area contributed by atoms with Gasteiger partial charge in [0.25, 0.3) is 5.56 Å². The van der Waals surface area contributed by atoms with Gasteiger partial charge in [0.1, 0.15) is 5.75 Å². The summed E-state index contributed by atoms with van der Waals surface area (Å²) in [6, 6.07) is 7.92. The molecule has 1 N–H and O–H groups in total. The molecule has 3 aromatic rings. The summed E-state index contributed by atoms with van der Waals surface area (Å²) in [4.78, 5) is 25.4. The Hall–Kier alpha value is -3.77. The van der Waals surface area contributed by atoms with Crippen LogP contribution in [-0.4, -0.2) is 15.1 Å². The maximum Gasteiger partial charge on any atom is 0.314 e. The zero-order valence-corrected chi connectivity index (χ0v) is 16.5. The van der Waals surface area contributed by atoms with Gasteiger partial charge in [-0.05, 0) is 37.3 Å². The Morgan fingerprint density at radius 1 is 1.33 bits per heavy atom. The minimum Gasteiger partial charge on any atom is -0.448 e. The molecule has 2 aromatic carbocycles. The average molecular weight is 429 g/mol. The maximum atomic E-state index is 15.4. The molecule has 0 spiro atoms. The number of hydrogen-bond donors (Lipinski definition) is 1. The summed E-state index contributed by atoms with van der Waals surface area (Å²) >= 11 is 5.94. The van der Waals surface area contributed by atoms with E-state index in [1.807, 2.05) is 0 Å². The summed E-state index contributed by atoms with van der Waals surface area (Å²) in [6.07, 6.45) is 0. The van der Waals surface area contributed by atoms with Crippen molar-refractivity contribution in [3.05, 3.63) is 95.9 Å². The summed E-state index contributed by atoms with van der Waals surface area (Å²) in [6.45, 7) is 10.3. The molecule has 1 heterocycles. The monoisotopic (exact) mass is 428 g/mol. The van der Waals surface area contributed by atoms with Crippen molar-refractivity contribution in [2.24, 2.45) is 0 Å². The molecule has 0 aliphatic rings. The lowest BCUT2D eigenvalue weighted by Crippen LogP contribution is -2.15. The molecule has 10 heteroatoms. The highest BCUT2D eigenvalue weighted by Gasteiger charge is 2.27. The number of nitro benzene ring substituents is 1.